The highest BCUT2D eigenvalue weighted by atomic mass is 35.5. The summed E-state index contributed by atoms with van der Waals surface area (Å²) in [7, 11) is 0. The Bertz CT molecular complexity index is 1480. The Hall–Kier alpha value is -1.85. The zero-order valence-electron chi connectivity index (χ0n) is 44.0. The highest BCUT2D eigenvalue weighted by Crippen LogP contribution is 2.20. The fraction of sp³-hybridized carbons (Fsp3) is 0.776. The van der Waals surface area contributed by atoms with Gasteiger partial charge in [-0.05, 0) is 48.2 Å². The number of carbonyl (C=O) groups is 1. The number of aliphatic hydroxyl groups is 2. The van der Waals surface area contributed by atoms with E-state index in [-0.39, 0.29) is 48.4 Å². The molecule has 1 amide bonds. The molecule has 2 atom stereocenters. The third kappa shape index (κ3) is 37.5. The third-order valence-electron chi connectivity index (χ3n) is 13.1. The fourth-order valence-electron chi connectivity index (χ4n) is 8.61. The van der Waals surface area contributed by atoms with Gasteiger partial charge in [-0.3, -0.25) is 4.79 Å². The van der Waals surface area contributed by atoms with Gasteiger partial charge in [0.15, 0.2) is 0 Å². The van der Waals surface area contributed by atoms with Crippen LogP contribution in [-0.4, -0.2) is 72.7 Å². The van der Waals surface area contributed by atoms with Crippen LogP contribution < -0.4 is 5.32 Å². The smallest absolute Gasteiger partial charge is 0.220 e. The standard InChI is InChI=1S/C30H51ClFNO3.C28H49ClFNO2/c1-3-4-5-6-7-8-9-10-11-12-13-14-15-16-17-18-21-36-25-28(24-34)33(26(2)35)23-27-19-20-30(32)29(31)22-27;1-2-3-4-5-6-7-8-9-10-11-12-13-14-15-16-17-20-33-24-26(23-32)31-22-25-18-19-28(30)27(29)21-25/h19-20,22,28,34H,3-18,21,23-25H2,1-2H3;18-19,21,26,31-32H,2-17,20,22-24H2,1H3/t28-;26-/m00/s1. The fourth-order valence-corrected chi connectivity index (χ4v) is 9.02. The van der Waals surface area contributed by atoms with E-state index in [1.165, 1.54) is 211 Å². The van der Waals surface area contributed by atoms with E-state index < -0.39 is 17.7 Å². The minimum atomic E-state index is -0.490. The van der Waals surface area contributed by atoms with Crippen molar-refractivity contribution in [3.05, 3.63) is 69.2 Å². The molecule has 0 aromatic heterocycles. The maximum Gasteiger partial charge on any atom is 0.220 e. The maximum atomic E-state index is 13.4. The van der Waals surface area contributed by atoms with E-state index in [1.807, 2.05) is 0 Å². The molecule has 0 bridgehead atoms. The van der Waals surface area contributed by atoms with Gasteiger partial charge < -0.3 is 29.9 Å². The van der Waals surface area contributed by atoms with E-state index in [2.05, 4.69) is 19.2 Å². The first-order valence-electron chi connectivity index (χ1n) is 27.9. The molecule has 69 heavy (non-hydrogen) atoms. The topological polar surface area (TPSA) is 91.3 Å². The van der Waals surface area contributed by atoms with Gasteiger partial charge in [-0.2, -0.15) is 0 Å². The molecule has 0 saturated heterocycles. The second kappa shape index (κ2) is 47.2. The molecule has 2 rings (SSSR count). The van der Waals surface area contributed by atoms with Crippen molar-refractivity contribution in [1.29, 1.82) is 0 Å². The van der Waals surface area contributed by atoms with Crippen LogP contribution in [0.25, 0.3) is 0 Å². The molecule has 0 aliphatic heterocycles. The van der Waals surface area contributed by atoms with Crippen molar-refractivity contribution in [3.8, 4) is 0 Å². The quantitative estimate of drug-likeness (QED) is 0.0573. The zero-order chi connectivity index (χ0) is 50.4. The molecule has 0 unspecified atom stereocenters. The van der Waals surface area contributed by atoms with Gasteiger partial charge >= 0.3 is 0 Å². The minimum absolute atomic E-state index is 0.00782. The highest BCUT2D eigenvalue weighted by molar-refractivity contribution is 6.31. The van der Waals surface area contributed by atoms with Crippen molar-refractivity contribution in [2.75, 3.05) is 39.6 Å². The highest BCUT2D eigenvalue weighted by Gasteiger charge is 2.21. The lowest BCUT2D eigenvalue weighted by Gasteiger charge is -2.29. The van der Waals surface area contributed by atoms with Crippen molar-refractivity contribution in [2.24, 2.45) is 0 Å². The van der Waals surface area contributed by atoms with Gasteiger partial charge in [0.2, 0.25) is 5.91 Å². The SMILES string of the molecule is CCCCCCCCCCCCCCCCCCOC[C@H](CO)N(Cc1ccc(F)c(Cl)c1)C(C)=O.CCCCCCCCCCCCCCCCCCOC[C@H](CO)NCc1ccc(F)c(Cl)c1. The minimum Gasteiger partial charge on any atom is -0.395 e. The summed E-state index contributed by atoms with van der Waals surface area (Å²) < 4.78 is 38.1. The second-order valence-corrected chi connectivity index (χ2v) is 20.3. The predicted molar refractivity (Wildman–Crippen MR) is 288 cm³/mol. The Morgan fingerprint density at radius 1 is 0.536 bits per heavy atom. The van der Waals surface area contributed by atoms with Gasteiger partial charge in [-0.25, -0.2) is 8.78 Å². The van der Waals surface area contributed by atoms with Crippen molar-refractivity contribution >= 4 is 29.1 Å². The van der Waals surface area contributed by atoms with Crippen LogP contribution in [0.4, 0.5) is 8.78 Å². The Morgan fingerprint density at radius 3 is 1.23 bits per heavy atom. The molecule has 0 aliphatic carbocycles. The van der Waals surface area contributed by atoms with E-state index in [0.29, 0.717) is 25.3 Å². The molecular formula is C58H100Cl2F2N2O5. The normalized spacial score (nSPS) is 12.2. The molecule has 11 heteroatoms. The van der Waals surface area contributed by atoms with Crippen molar-refractivity contribution in [3.63, 3.8) is 0 Å². The van der Waals surface area contributed by atoms with Crippen LogP contribution in [0.3, 0.4) is 0 Å². The average Bonchev–Trinajstić information content (AvgIpc) is 3.34. The number of ether oxygens (including phenoxy) is 2. The van der Waals surface area contributed by atoms with Crippen LogP contribution in [0.15, 0.2) is 36.4 Å². The molecule has 0 fully saturated rings. The maximum absolute atomic E-state index is 13.4. The number of hydrogen-bond donors (Lipinski definition) is 3. The van der Waals surface area contributed by atoms with E-state index in [4.69, 9.17) is 32.7 Å². The summed E-state index contributed by atoms with van der Waals surface area (Å²) in [6.45, 7) is 8.73. The van der Waals surface area contributed by atoms with Crippen molar-refractivity contribution in [2.45, 2.75) is 251 Å². The van der Waals surface area contributed by atoms with Crippen molar-refractivity contribution in [1.82, 2.24) is 10.2 Å². The van der Waals surface area contributed by atoms with Crippen LogP contribution in [0, 0.1) is 11.6 Å². The average molecular weight is 1010 g/mol. The molecule has 2 aromatic rings. The number of unbranched alkanes of at least 4 members (excludes halogenated alkanes) is 30. The van der Waals surface area contributed by atoms with Crippen LogP contribution in [0.2, 0.25) is 10.0 Å². The number of halogens is 4. The van der Waals surface area contributed by atoms with E-state index >= 15 is 0 Å². The molecule has 2 aromatic carbocycles. The summed E-state index contributed by atoms with van der Waals surface area (Å²) in [5.41, 5.74) is 1.60. The van der Waals surface area contributed by atoms with Gasteiger partial charge in [0, 0.05) is 33.2 Å². The lowest BCUT2D eigenvalue weighted by atomic mass is 10.0. The van der Waals surface area contributed by atoms with Crippen LogP contribution in [0.5, 0.6) is 0 Å². The lowest BCUT2D eigenvalue weighted by Crippen LogP contribution is -2.43. The molecular weight excluding hydrogens is 914 g/mol. The van der Waals surface area contributed by atoms with E-state index in [1.54, 1.807) is 23.1 Å². The Kier molecular flexibility index (Phi) is 44.6. The zero-order valence-corrected chi connectivity index (χ0v) is 45.5. The molecule has 400 valence electrons. The lowest BCUT2D eigenvalue weighted by molar-refractivity contribution is -0.134. The predicted octanol–water partition coefficient (Wildman–Crippen LogP) is 16.7. The first-order chi connectivity index (χ1) is 33.7. The summed E-state index contributed by atoms with van der Waals surface area (Å²) in [4.78, 5) is 13.7. The monoisotopic (exact) mass is 1010 g/mol. The molecule has 7 nitrogen and oxygen atoms in total. The number of amides is 1. The summed E-state index contributed by atoms with van der Waals surface area (Å²) in [6, 6.07) is 8.50. The number of rotatable bonds is 46. The number of nitrogens with zero attached hydrogens (tertiary/aromatic N) is 1. The van der Waals surface area contributed by atoms with Crippen LogP contribution in [-0.2, 0) is 27.4 Å². The summed E-state index contributed by atoms with van der Waals surface area (Å²) in [6.07, 6.45) is 43.1. The second-order valence-electron chi connectivity index (χ2n) is 19.5. The van der Waals surface area contributed by atoms with Gasteiger partial charge in [-0.15, -0.1) is 0 Å². The van der Waals surface area contributed by atoms with E-state index in [0.717, 1.165) is 31.4 Å². The molecule has 0 radical (unpaired) electrons. The number of benzene rings is 2. The van der Waals surface area contributed by atoms with Gasteiger partial charge in [0.25, 0.3) is 0 Å². The first kappa shape index (κ1) is 65.2. The van der Waals surface area contributed by atoms with Crippen LogP contribution >= 0.6 is 23.2 Å². The summed E-state index contributed by atoms with van der Waals surface area (Å²) in [5, 5.41) is 22.7. The Balaban J connectivity index is 0.000000693. The summed E-state index contributed by atoms with van der Waals surface area (Å²) >= 11 is 11.7. The number of carbonyl (C=O) groups excluding carboxylic acids is 1. The number of aliphatic hydroxyl groups excluding tert-OH is 2. The molecule has 0 heterocycles. The number of nitrogens with one attached hydrogen (secondary N) is 1. The van der Waals surface area contributed by atoms with Crippen LogP contribution in [0.1, 0.15) is 237 Å². The molecule has 0 aliphatic rings. The van der Waals surface area contributed by atoms with Gasteiger partial charge in [0.05, 0.1) is 48.6 Å². The molecule has 0 spiro atoms. The first-order valence-corrected chi connectivity index (χ1v) is 28.7. The Labute approximate surface area is 431 Å². The number of hydrogen-bond acceptors (Lipinski definition) is 6. The Morgan fingerprint density at radius 2 is 0.884 bits per heavy atom. The molecule has 0 saturated carbocycles. The largest absolute Gasteiger partial charge is 0.395 e. The third-order valence-corrected chi connectivity index (χ3v) is 13.7. The van der Waals surface area contributed by atoms with Gasteiger partial charge in [-0.1, -0.05) is 242 Å². The summed E-state index contributed by atoms with van der Waals surface area (Å²) in [5.74, 6) is -1.07. The molecule has 3 N–H and O–H groups in total. The van der Waals surface area contributed by atoms with Crippen molar-refractivity contribution < 1.29 is 33.3 Å². The van der Waals surface area contributed by atoms with Gasteiger partial charge in [0.1, 0.15) is 11.6 Å². The van der Waals surface area contributed by atoms with E-state index in [9.17, 15) is 23.8 Å².